The fraction of sp³-hybridized carbons (Fsp3) is 0.381. The number of benzene rings is 2. The smallest absolute Gasteiger partial charge is 0.150 e. The number of aldehydes is 1. The van der Waals surface area contributed by atoms with E-state index in [-0.39, 0.29) is 0 Å². The molecule has 25 heavy (non-hydrogen) atoms. The quantitative estimate of drug-likeness (QED) is 0.849. The first kappa shape index (κ1) is 17.5. The van der Waals surface area contributed by atoms with Crippen molar-refractivity contribution in [2.75, 3.05) is 38.2 Å². The molecule has 0 saturated carbocycles. The first-order valence-electron chi connectivity index (χ1n) is 8.91. The lowest BCUT2D eigenvalue weighted by molar-refractivity contribution is -0.930. The van der Waals surface area contributed by atoms with E-state index in [1.165, 1.54) is 16.8 Å². The molecule has 0 amide bonds. The Kier molecular flexibility index (Phi) is 5.39. The summed E-state index contributed by atoms with van der Waals surface area (Å²) < 4.78 is 5.25. The maximum absolute atomic E-state index is 10.9. The van der Waals surface area contributed by atoms with E-state index in [0.29, 0.717) is 6.04 Å². The van der Waals surface area contributed by atoms with E-state index >= 15 is 0 Å². The number of hydrogen-bond acceptors (Lipinski definition) is 3. The molecule has 0 aromatic heterocycles. The molecule has 132 valence electrons. The summed E-state index contributed by atoms with van der Waals surface area (Å²) in [4.78, 5) is 15.0. The zero-order valence-electron chi connectivity index (χ0n) is 15.3. The molecular weight excluding hydrogens is 312 g/mol. The highest BCUT2D eigenvalue weighted by molar-refractivity contribution is 5.77. The van der Waals surface area contributed by atoms with Gasteiger partial charge in [-0.1, -0.05) is 0 Å². The van der Waals surface area contributed by atoms with E-state index in [2.05, 4.69) is 36.9 Å². The van der Waals surface area contributed by atoms with E-state index < -0.39 is 0 Å². The highest BCUT2D eigenvalue weighted by atomic mass is 16.5. The average molecular weight is 339 g/mol. The van der Waals surface area contributed by atoms with Gasteiger partial charge >= 0.3 is 0 Å². The summed E-state index contributed by atoms with van der Waals surface area (Å²) in [6.07, 6.45) is 0.912. The minimum atomic E-state index is 0.478. The summed E-state index contributed by atoms with van der Waals surface area (Å²) in [5.74, 6) is 0.907. The van der Waals surface area contributed by atoms with Crippen molar-refractivity contribution in [1.29, 1.82) is 0 Å². The Morgan fingerprint density at radius 1 is 1.12 bits per heavy atom. The number of quaternary nitrogens is 1. The molecule has 0 unspecified atom stereocenters. The largest absolute Gasteiger partial charge is 0.497 e. The van der Waals surface area contributed by atoms with Crippen molar-refractivity contribution in [3.8, 4) is 5.75 Å². The lowest BCUT2D eigenvalue weighted by atomic mass is 10.0. The van der Waals surface area contributed by atoms with E-state index in [0.717, 1.165) is 43.8 Å². The van der Waals surface area contributed by atoms with Crippen LogP contribution in [0.3, 0.4) is 0 Å². The highest BCUT2D eigenvalue weighted by Gasteiger charge is 2.26. The number of rotatable bonds is 5. The van der Waals surface area contributed by atoms with Crippen LogP contribution in [0.5, 0.6) is 5.75 Å². The Morgan fingerprint density at radius 2 is 1.80 bits per heavy atom. The minimum Gasteiger partial charge on any atom is -0.497 e. The standard InChI is InChI=1S/C21H26N2O2/c1-16-14-18(15-24)4-9-21(16)23-12-10-22(11-13-23)17(2)19-5-7-20(25-3)8-6-19/h4-9,14-15,17H,10-13H2,1-3H3/p+1/t17-/m1/s1. The van der Waals surface area contributed by atoms with Gasteiger partial charge in [0.2, 0.25) is 0 Å². The minimum absolute atomic E-state index is 0.478. The second kappa shape index (κ2) is 7.70. The summed E-state index contributed by atoms with van der Waals surface area (Å²) in [7, 11) is 1.70. The van der Waals surface area contributed by atoms with Crippen molar-refractivity contribution >= 4 is 12.0 Å². The second-order valence-corrected chi connectivity index (χ2v) is 6.80. The molecule has 1 atom stereocenters. The van der Waals surface area contributed by atoms with Gasteiger partial charge in [0.05, 0.1) is 33.3 Å². The molecule has 0 radical (unpaired) electrons. The number of nitrogens with one attached hydrogen (secondary N) is 1. The molecule has 1 saturated heterocycles. The Labute approximate surface area is 150 Å². The number of carbonyl (C=O) groups is 1. The summed E-state index contributed by atoms with van der Waals surface area (Å²) in [6, 6.07) is 14.9. The number of methoxy groups -OCH3 is 1. The first-order valence-corrected chi connectivity index (χ1v) is 8.91. The molecule has 0 bridgehead atoms. The molecule has 1 fully saturated rings. The third-order valence-electron chi connectivity index (χ3n) is 5.33. The Hall–Kier alpha value is -2.33. The fourth-order valence-corrected chi connectivity index (χ4v) is 3.70. The van der Waals surface area contributed by atoms with Crippen LogP contribution in [0.2, 0.25) is 0 Å². The SMILES string of the molecule is COc1ccc([C@@H](C)[NH+]2CCN(c3ccc(C=O)cc3C)CC2)cc1. The first-order chi connectivity index (χ1) is 12.1. The Morgan fingerprint density at radius 3 is 2.36 bits per heavy atom. The predicted molar refractivity (Wildman–Crippen MR) is 101 cm³/mol. The number of hydrogen-bond donors (Lipinski definition) is 1. The van der Waals surface area contributed by atoms with Crippen molar-refractivity contribution in [2.45, 2.75) is 19.9 Å². The summed E-state index contributed by atoms with van der Waals surface area (Å²) in [6.45, 7) is 8.69. The molecule has 1 N–H and O–H groups in total. The molecule has 2 aromatic carbocycles. The van der Waals surface area contributed by atoms with Gasteiger partial charge in [-0.15, -0.1) is 0 Å². The van der Waals surface area contributed by atoms with Gasteiger partial charge < -0.3 is 14.5 Å². The van der Waals surface area contributed by atoms with Crippen molar-refractivity contribution in [3.63, 3.8) is 0 Å². The molecule has 1 aliphatic heterocycles. The fourth-order valence-electron chi connectivity index (χ4n) is 3.70. The maximum Gasteiger partial charge on any atom is 0.150 e. The van der Waals surface area contributed by atoms with E-state index in [4.69, 9.17) is 4.74 Å². The zero-order chi connectivity index (χ0) is 17.8. The topological polar surface area (TPSA) is 34.0 Å². The van der Waals surface area contributed by atoms with Crippen molar-refractivity contribution in [2.24, 2.45) is 0 Å². The second-order valence-electron chi connectivity index (χ2n) is 6.80. The van der Waals surface area contributed by atoms with E-state index in [9.17, 15) is 4.79 Å². The van der Waals surface area contributed by atoms with Crippen LogP contribution in [0, 0.1) is 6.92 Å². The number of anilines is 1. The monoisotopic (exact) mass is 339 g/mol. The van der Waals surface area contributed by atoms with Crippen molar-refractivity contribution in [1.82, 2.24) is 0 Å². The summed E-state index contributed by atoms with van der Waals surface area (Å²) >= 11 is 0. The van der Waals surface area contributed by atoms with Crippen LogP contribution in [-0.2, 0) is 0 Å². The van der Waals surface area contributed by atoms with Crippen LogP contribution in [0.1, 0.15) is 34.5 Å². The van der Waals surface area contributed by atoms with Gasteiger partial charge in [0, 0.05) is 16.8 Å². The van der Waals surface area contributed by atoms with Crippen LogP contribution in [0.15, 0.2) is 42.5 Å². The molecule has 2 aromatic rings. The third kappa shape index (κ3) is 3.85. The maximum atomic E-state index is 10.9. The van der Waals surface area contributed by atoms with Crippen molar-refractivity contribution < 1.29 is 14.4 Å². The summed E-state index contributed by atoms with van der Waals surface area (Å²) in [5, 5.41) is 0. The Balaban J connectivity index is 1.63. The van der Waals surface area contributed by atoms with Gasteiger partial charge in [0.1, 0.15) is 18.1 Å². The highest BCUT2D eigenvalue weighted by Crippen LogP contribution is 2.21. The molecule has 3 rings (SSSR count). The number of piperazine rings is 1. The van der Waals surface area contributed by atoms with Crippen LogP contribution < -0.4 is 14.5 Å². The Bertz CT molecular complexity index is 719. The van der Waals surface area contributed by atoms with E-state index in [1.807, 2.05) is 24.3 Å². The molecule has 4 heteroatoms. The van der Waals surface area contributed by atoms with Crippen LogP contribution in [-0.4, -0.2) is 39.6 Å². The normalized spacial score (nSPS) is 16.5. The van der Waals surface area contributed by atoms with E-state index in [1.54, 1.807) is 12.0 Å². The van der Waals surface area contributed by atoms with Crippen LogP contribution >= 0.6 is 0 Å². The number of carbonyl (C=O) groups excluding carboxylic acids is 1. The van der Waals surface area contributed by atoms with Crippen molar-refractivity contribution in [3.05, 3.63) is 59.2 Å². The van der Waals surface area contributed by atoms with Gasteiger partial charge in [-0.25, -0.2) is 0 Å². The number of ether oxygens (including phenoxy) is 1. The van der Waals surface area contributed by atoms with Gasteiger partial charge in [-0.05, 0) is 61.9 Å². The third-order valence-corrected chi connectivity index (χ3v) is 5.33. The van der Waals surface area contributed by atoms with Gasteiger partial charge in [0.25, 0.3) is 0 Å². The lowest BCUT2D eigenvalue weighted by Gasteiger charge is -2.37. The molecule has 1 aliphatic rings. The van der Waals surface area contributed by atoms with Gasteiger partial charge in [-0.2, -0.15) is 0 Å². The number of aryl methyl sites for hydroxylation is 1. The van der Waals surface area contributed by atoms with Crippen LogP contribution in [0.25, 0.3) is 0 Å². The molecular formula is C21H27N2O2+. The zero-order valence-corrected chi connectivity index (χ0v) is 15.3. The molecule has 1 heterocycles. The van der Waals surface area contributed by atoms with Gasteiger partial charge in [-0.3, -0.25) is 4.79 Å². The predicted octanol–water partition coefficient (Wildman–Crippen LogP) is 2.28. The van der Waals surface area contributed by atoms with Crippen LogP contribution in [0.4, 0.5) is 5.69 Å². The van der Waals surface area contributed by atoms with Gasteiger partial charge in [0.15, 0.2) is 0 Å². The molecule has 0 aliphatic carbocycles. The molecule has 4 nitrogen and oxygen atoms in total. The average Bonchev–Trinajstić information content (AvgIpc) is 2.67. The summed E-state index contributed by atoms with van der Waals surface area (Å²) in [5.41, 5.74) is 4.53. The number of nitrogens with zero attached hydrogens (tertiary/aromatic N) is 1. The lowest BCUT2D eigenvalue weighted by Crippen LogP contribution is -3.14. The molecule has 0 spiro atoms.